The maximum absolute atomic E-state index is 12.0. The van der Waals surface area contributed by atoms with Gasteiger partial charge in [-0.25, -0.2) is 0 Å². The molecule has 2 aromatic rings. The van der Waals surface area contributed by atoms with Crippen LogP contribution in [0.1, 0.15) is 23.6 Å². The van der Waals surface area contributed by atoms with Gasteiger partial charge in [0, 0.05) is 18.1 Å². The van der Waals surface area contributed by atoms with Gasteiger partial charge in [-0.15, -0.1) is 0 Å². The monoisotopic (exact) mass is 343 g/mol. The van der Waals surface area contributed by atoms with Crippen molar-refractivity contribution in [3.05, 3.63) is 65.2 Å². The summed E-state index contributed by atoms with van der Waals surface area (Å²) in [4.78, 5) is 12.0. The first kappa shape index (κ1) is 18.4. The molecular weight excluding hydrogens is 318 g/mol. The van der Waals surface area contributed by atoms with Crippen molar-refractivity contribution >= 4 is 17.7 Å². The molecule has 0 saturated carbocycles. The minimum absolute atomic E-state index is 0.0771. The number of thioether (sulfide) groups is 1. The Morgan fingerprint density at radius 2 is 1.88 bits per heavy atom. The number of carbonyl (C=O) groups is 1. The summed E-state index contributed by atoms with van der Waals surface area (Å²) >= 11 is 1.82. The van der Waals surface area contributed by atoms with Crippen LogP contribution in [0.3, 0.4) is 0 Å². The lowest BCUT2D eigenvalue weighted by Crippen LogP contribution is -2.37. The molecule has 4 heteroatoms. The largest absolute Gasteiger partial charge is 0.481 e. The van der Waals surface area contributed by atoms with Crippen molar-refractivity contribution in [1.82, 2.24) is 5.32 Å². The SMILES string of the molecule is Cc1ccc(O[C@@H](C)C(=O)NCCSCc2cccc(C)c2)cc1. The van der Waals surface area contributed by atoms with Crippen LogP contribution in [0.5, 0.6) is 5.75 Å². The lowest BCUT2D eigenvalue weighted by Gasteiger charge is -2.14. The van der Waals surface area contributed by atoms with Crippen molar-refractivity contribution in [2.24, 2.45) is 0 Å². The summed E-state index contributed by atoms with van der Waals surface area (Å²) in [6.07, 6.45) is -0.491. The molecule has 0 radical (unpaired) electrons. The van der Waals surface area contributed by atoms with Crippen LogP contribution in [-0.2, 0) is 10.5 Å². The fourth-order valence-electron chi connectivity index (χ4n) is 2.26. The van der Waals surface area contributed by atoms with Crippen LogP contribution in [0.4, 0.5) is 0 Å². The van der Waals surface area contributed by atoms with Gasteiger partial charge < -0.3 is 10.1 Å². The highest BCUT2D eigenvalue weighted by Crippen LogP contribution is 2.14. The zero-order chi connectivity index (χ0) is 17.4. The van der Waals surface area contributed by atoms with E-state index in [1.54, 1.807) is 6.92 Å². The molecule has 1 atom stereocenters. The molecule has 0 saturated heterocycles. The molecule has 2 rings (SSSR count). The molecule has 128 valence electrons. The van der Waals surface area contributed by atoms with Gasteiger partial charge in [-0.3, -0.25) is 4.79 Å². The maximum Gasteiger partial charge on any atom is 0.260 e. The van der Waals surface area contributed by atoms with Crippen LogP contribution in [-0.4, -0.2) is 24.3 Å². The molecule has 0 spiro atoms. The molecule has 0 bridgehead atoms. The molecule has 0 heterocycles. The highest BCUT2D eigenvalue weighted by atomic mass is 32.2. The lowest BCUT2D eigenvalue weighted by molar-refractivity contribution is -0.127. The third-order valence-corrected chi connectivity index (χ3v) is 4.63. The van der Waals surface area contributed by atoms with Gasteiger partial charge in [-0.05, 0) is 38.5 Å². The normalized spacial score (nSPS) is 11.8. The number of amides is 1. The molecule has 0 aliphatic carbocycles. The molecule has 1 N–H and O–H groups in total. The van der Waals surface area contributed by atoms with Gasteiger partial charge in [0.15, 0.2) is 6.10 Å². The van der Waals surface area contributed by atoms with E-state index in [-0.39, 0.29) is 5.91 Å². The molecule has 1 amide bonds. The van der Waals surface area contributed by atoms with Gasteiger partial charge in [-0.1, -0.05) is 47.5 Å². The van der Waals surface area contributed by atoms with Gasteiger partial charge >= 0.3 is 0 Å². The number of ether oxygens (including phenoxy) is 1. The van der Waals surface area contributed by atoms with Gasteiger partial charge in [-0.2, -0.15) is 11.8 Å². The molecule has 0 unspecified atom stereocenters. The predicted molar refractivity (Wildman–Crippen MR) is 102 cm³/mol. The van der Waals surface area contributed by atoms with Crippen molar-refractivity contribution in [3.63, 3.8) is 0 Å². The summed E-state index contributed by atoms with van der Waals surface area (Å²) in [6.45, 7) is 6.55. The Kier molecular flexibility index (Phi) is 7.19. The minimum atomic E-state index is -0.491. The van der Waals surface area contributed by atoms with E-state index in [1.165, 1.54) is 16.7 Å². The van der Waals surface area contributed by atoms with Crippen molar-refractivity contribution in [1.29, 1.82) is 0 Å². The predicted octanol–water partition coefficient (Wildman–Crippen LogP) is 4.12. The Balaban J connectivity index is 1.64. The van der Waals surface area contributed by atoms with Gasteiger partial charge in [0.1, 0.15) is 5.75 Å². The first-order chi connectivity index (χ1) is 11.5. The van der Waals surface area contributed by atoms with E-state index in [2.05, 4.69) is 36.5 Å². The average molecular weight is 343 g/mol. The zero-order valence-electron chi connectivity index (χ0n) is 14.5. The van der Waals surface area contributed by atoms with Crippen LogP contribution in [0, 0.1) is 13.8 Å². The smallest absolute Gasteiger partial charge is 0.260 e. The summed E-state index contributed by atoms with van der Waals surface area (Å²) < 4.78 is 5.65. The second kappa shape index (κ2) is 9.38. The van der Waals surface area contributed by atoms with E-state index in [0.717, 1.165) is 17.3 Å². The van der Waals surface area contributed by atoms with Crippen molar-refractivity contribution in [2.75, 3.05) is 12.3 Å². The highest BCUT2D eigenvalue weighted by Gasteiger charge is 2.13. The van der Waals surface area contributed by atoms with Gasteiger partial charge in [0.2, 0.25) is 0 Å². The first-order valence-electron chi connectivity index (χ1n) is 8.19. The van der Waals surface area contributed by atoms with E-state index in [1.807, 2.05) is 43.0 Å². The zero-order valence-corrected chi connectivity index (χ0v) is 15.4. The molecule has 0 aliphatic rings. The third-order valence-electron chi connectivity index (χ3n) is 3.60. The number of hydrogen-bond acceptors (Lipinski definition) is 3. The number of aryl methyl sites for hydroxylation is 2. The van der Waals surface area contributed by atoms with E-state index in [0.29, 0.717) is 6.54 Å². The number of benzene rings is 2. The fourth-order valence-corrected chi connectivity index (χ4v) is 3.06. The molecule has 3 nitrogen and oxygen atoms in total. The van der Waals surface area contributed by atoms with Gasteiger partial charge in [0.05, 0.1) is 0 Å². The molecule has 0 fully saturated rings. The summed E-state index contributed by atoms with van der Waals surface area (Å²) in [5.74, 6) is 2.49. The Bertz CT molecular complexity index is 655. The van der Waals surface area contributed by atoms with E-state index < -0.39 is 6.10 Å². The van der Waals surface area contributed by atoms with Crippen LogP contribution in [0.15, 0.2) is 48.5 Å². The second-order valence-electron chi connectivity index (χ2n) is 5.91. The quantitative estimate of drug-likeness (QED) is 0.733. The van der Waals surface area contributed by atoms with Crippen molar-refractivity contribution < 1.29 is 9.53 Å². The molecular formula is C20H25NO2S. The standard InChI is InChI=1S/C20H25NO2S/c1-15-7-9-19(10-8-15)23-17(3)20(22)21-11-12-24-14-18-6-4-5-16(2)13-18/h4-10,13,17H,11-12,14H2,1-3H3,(H,21,22)/t17-/m0/s1. The Labute approximate surface area is 148 Å². The summed E-state index contributed by atoms with van der Waals surface area (Å²) in [5, 5.41) is 2.93. The van der Waals surface area contributed by atoms with E-state index >= 15 is 0 Å². The van der Waals surface area contributed by atoms with Crippen molar-refractivity contribution in [2.45, 2.75) is 32.6 Å². The molecule has 2 aromatic carbocycles. The summed E-state index contributed by atoms with van der Waals surface area (Å²) in [7, 11) is 0. The maximum atomic E-state index is 12.0. The Morgan fingerprint density at radius 3 is 2.58 bits per heavy atom. The molecule has 0 aliphatic heterocycles. The van der Waals surface area contributed by atoms with Gasteiger partial charge in [0.25, 0.3) is 5.91 Å². The van der Waals surface area contributed by atoms with Crippen LogP contribution in [0.25, 0.3) is 0 Å². The number of carbonyl (C=O) groups excluding carboxylic acids is 1. The third kappa shape index (κ3) is 6.28. The number of rotatable bonds is 8. The highest BCUT2D eigenvalue weighted by molar-refractivity contribution is 7.98. The van der Waals surface area contributed by atoms with Crippen molar-refractivity contribution in [3.8, 4) is 5.75 Å². The number of nitrogens with one attached hydrogen (secondary N) is 1. The Morgan fingerprint density at radius 1 is 1.12 bits per heavy atom. The van der Waals surface area contributed by atoms with Crippen LogP contribution < -0.4 is 10.1 Å². The van der Waals surface area contributed by atoms with Crippen LogP contribution >= 0.6 is 11.8 Å². The number of hydrogen-bond donors (Lipinski definition) is 1. The van der Waals surface area contributed by atoms with E-state index in [4.69, 9.17) is 4.74 Å². The average Bonchev–Trinajstić information content (AvgIpc) is 2.56. The lowest BCUT2D eigenvalue weighted by atomic mass is 10.2. The second-order valence-corrected chi connectivity index (χ2v) is 7.01. The fraction of sp³-hybridized carbons (Fsp3) is 0.350. The summed E-state index contributed by atoms with van der Waals surface area (Å²) in [5.41, 5.74) is 3.77. The first-order valence-corrected chi connectivity index (χ1v) is 9.34. The minimum Gasteiger partial charge on any atom is -0.481 e. The summed E-state index contributed by atoms with van der Waals surface area (Å²) in [6, 6.07) is 16.2. The molecule has 0 aromatic heterocycles. The Hall–Kier alpha value is -1.94. The van der Waals surface area contributed by atoms with Crippen LogP contribution in [0.2, 0.25) is 0 Å². The van der Waals surface area contributed by atoms with E-state index in [9.17, 15) is 4.79 Å². The molecule has 24 heavy (non-hydrogen) atoms. The topological polar surface area (TPSA) is 38.3 Å².